The quantitative estimate of drug-likeness (QED) is 0.250. The van der Waals surface area contributed by atoms with Crippen molar-refractivity contribution in [2.24, 2.45) is 5.92 Å². The summed E-state index contributed by atoms with van der Waals surface area (Å²) in [4.78, 5) is 48.8. The van der Waals surface area contributed by atoms with E-state index < -0.39 is 0 Å². The fourth-order valence-electron chi connectivity index (χ4n) is 4.67. The number of carbonyl (C=O) groups is 3. The molecule has 0 radical (unpaired) electrons. The summed E-state index contributed by atoms with van der Waals surface area (Å²) < 4.78 is 23.8. The Labute approximate surface area is 236 Å². The first-order chi connectivity index (χ1) is 19.9. The first kappa shape index (κ1) is 27.6. The number of ketones is 2. The number of carbonyl (C=O) groups excluding carboxylic acids is 3. The maximum absolute atomic E-state index is 13.1. The Kier molecular flexibility index (Phi) is 8.43. The van der Waals surface area contributed by atoms with Crippen molar-refractivity contribution < 1.29 is 28.2 Å². The molecular formula is C32H28FN3O5. The van der Waals surface area contributed by atoms with Crippen LogP contribution in [0.15, 0.2) is 85.2 Å². The van der Waals surface area contributed by atoms with Crippen LogP contribution < -0.4 is 9.47 Å². The largest absolute Gasteiger partial charge is 0.497 e. The maximum Gasteiger partial charge on any atom is 0.272 e. The van der Waals surface area contributed by atoms with E-state index >= 15 is 0 Å². The van der Waals surface area contributed by atoms with Crippen molar-refractivity contribution in [3.63, 3.8) is 0 Å². The normalized spacial score (nSPS) is 13.5. The molecule has 2 aromatic carbocycles. The van der Waals surface area contributed by atoms with Gasteiger partial charge in [0.05, 0.1) is 7.11 Å². The average Bonchev–Trinajstić information content (AvgIpc) is 3.02. The van der Waals surface area contributed by atoms with Crippen molar-refractivity contribution >= 4 is 17.5 Å². The van der Waals surface area contributed by atoms with Gasteiger partial charge in [-0.1, -0.05) is 6.07 Å². The van der Waals surface area contributed by atoms with Crippen molar-refractivity contribution in [1.29, 1.82) is 0 Å². The van der Waals surface area contributed by atoms with Gasteiger partial charge in [0, 0.05) is 55.0 Å². The summed E-state index contributed by atoms with van der Waals surface area (Å²) in [5, 5.41) is 0. The van der Waals surface area contributed by atoms with E-state index in [2.05, 4.69) is 9.97 Å². The standard InChI is InChI=1S/C32H28FN3O5/c1-40-26-8-3-22(4-9-26)31(38)23-14-16-36(17-15-23)32(39)28-12-5-24(20-34-28)29(37)18-21-2-13-30(35-19-21)41-27-10-6-25(33)7-11-27/h2-13,19-20,23H,14-18H2,1H3. The highest BCUT2D eigenvalue weighted by molar-refractivity contribution is 5.99. The van der Waals surface area contributed by atoms with Gasteiger partial charge in [-0.2, -0.15) is 0 Å². The topological polar surface area (TPSA) is 98.7 Å². The number of Topliss-reactive ketones (excluding diaryl/α,β-unsaturated/α-hetero) is 2. The molecule has 1 fully saturated rings. The molecule has 9 heteroatoms. The number of rotatable bonds is 9. The van der Waals surface area contributed by atoms with Crippen molar-refractivity contribution in [3.8, 4) is 17.4 Å². The third-order valence-corrected chi connectivity index (χ3v) is 7.03. The van der Waals surface area contributed by atoms with Crippen molar-refractivity contribution in [2.75, 3.05) is 20.2 Å². The van der Waals surface area contributed by atoms with Crippen LogP contribution in [0, 0.1) is 11.7 Å². The second-order valence-electron chi connectivity index (χ2n) is 9.75. The second kappa shape index (κ2) is 12.5. The van der Waals surface area contributed by atoms with E-state index in [1.54, 1.807) is 66.7 Å². The maximum atomic E-state index is 13.1. The zero-order valence-corrected chi connectivity index (χ0v) is 22.5. The number of benzene rings is 2. The number of aromatic nitrogens is 2. The van der Waals surface area contributed by atoms with Crippen LogP contribution in [-0.2, 0) is 6.42 Å². The lowest BCUT2D eigenvalue weighted by molar-refractivity contribution is 0.0645. The first-order valence-corrected chi connectivity index (χ1v) is 13.2. The van der Waals surface area contributed by atoms with E-state index in [4.69, 9.17) is 9.47 Å². The lowest BCUT2D eigenvalue weighted by Gasteiger charge is -2.31. The molecule has 0 aliphatic carbocycles. The van der Waals surface area contributed by atoms with Crippen LogP contribution in [0.2, 0.25) is 0 Å². The third kappa shape index (κ3) is 6.81. The summed E-state index contributed by atoms with van der Waals surface area (Å²) >= 11 is 0. The summed E-state index contributed by atoms with van der Waals surface area (Å²) in [5.41, 5.74) is 1.97. The molecule has 0 N–H and O–H groups in total. The van der Waals surface area contributed by atoms with E-state index in [1.165, 1.54) is 30.5 Å². The fourth-order valence-corrected chi connectivity index (χ4v) is 4.67. The van der Waals surface area contributed by atoms with E-state index in [9.17, 15) is 18.8 Å². The number of hydrogen-bond acceptors (Lipinski definition) is 7. The van der Waals surface area contributed by atoms with Gasteiger partial charge in [0.25, 0.3) is 5.91 Å². The Balaban J connectivity index is 1.12. The summed E-state index contributed by atoms with van der Waals surface area (Å²) in [7, 11) is 1.58. The molecule has 208 valence electrons. The van der Waals surface area contributed by atoms with Crippen molar-refractivity contribution in [1.82, 2.24) is 14.9 Å². The molecular weight excluding hydrogens is 525 g/mol. The molecule has 0 atom stereocenters. The molecule has 3 heterocycles. The van der Waals surface area contributed by atoms with E-state index in [1.807, 2.05) is 0 Å². The second-order valence-corrected chi connectivity index (χ2v) is 9.75. The molecule has 8 nitrogen and oxygen atoms in total. The molecule has 0 saturated carbocycles. The Bertz CT molecular complexity index is 1510. The van der Waals surface area contributed by atoms with Crippen molar-refractivity contribution in [2.45, 2.75) is 19.3 Å². The number of nitrogens with zero attached hydrogens (tertiary/aromatic N) is 3. The zero-order chi connectivity index (χ0) is 28.8. The van der Waals surface area contributed by atoms with Crippen LogP contribution in [0.25, 0.3) is 0 Å². The summed E-state index contributed by atoms with van der Waals surface area (Å²) in [5.74, 6) is 0.669. The van der Waals surface area contributed by atoms with Crippen LogP contribution in [-0.4, -0.2) is 52.5 Å². The Morgan fingerprint density at radius 3 is 2.12 bits per heavy atom. The van der Waals surface area contributed by atoms with Crippen LogP contribution >= 0.6 is 0 Å². The van der Waals surface area contributed by atoms with Gasteiger partial charge < -0.3 is 14.4 Å². The minimum absolute atomic E-state index is 0.0750. The number of halogens is 1. The number of hydrogen-bond donors (Lipinski definition) is 0. The van der Waals surface area contributed by atoms with E-state index in [0.717, 1.165) is 0 Å². The zero-order valence-electron chi connectivity index (χ0n) is 22.5. The highest BCUT2D eigenvalue weighted by Crippen LogP contribution is 2.24. The Morgan fingerprint density at radius 1 is 0.829 bits per heavy atom. The van der Waals surface area contributed by atoms with E-state index in [-0.39, 0.29) is 41.3 Å². The minimum atomic E-state index is -0.356. The number of piperidine rings is 1. The number of ether oxygens (including phenoxy) is 2. The number of amides is 1. The SMILES string of the molecule is COc1ccc(C(=O)C2CCN(C(=O)c3ccc(C(=O)Cc4ccc(Oc5ccc(F)cc5)nc4)cn3)CC2)cc1. The molecule has 1 saturated heterocycles. The number of likely N-dealkylation sites (tertiary alicyclic amines) is 1. The van der Waals surface area contributed by atoms with Gasteiger partial charge in [-0.05, 0) is 79.1 Å². The Morgan fingerprint density at radius 2 is 1.51 bits per heavy atom. The summed E-state index contributed by atoms with van der Waals surface area (Å²) in [6.45, 7) is 0.920. The molecule has 0 bridgehead atoms. The summed E-state index contributed by atoms with van der Waals surface area (Å²) in [6, 6.07) is 19.2. The first-order valence-electron chi connectivity index (χ1n) is 13.2. The average molecular weight is 554 g/mol. The van der Waals surface area contributed by atoms with E-state index in [0.29, 0.717) is 60.0 Å². The smallest absolute Gasteiger partial charge is 0.272 e. The van der Waals surface area contributed by atoms with Crippen LogP contribution in [0.3, 0.4) is 0 Å². The molecule has 4 aromatic rings. The highest BCUT2D eigenvalue weighted by Gasteiger charge is 2.29. The van der Waals surface area contributed by atoms with Gasteiger partial charge in [0.1, 0.15) is 23.0 Å². The lowest BCUT2D eigenvalue weighted by atomic mass is 9.88. The molecule has 41 heavy (non-hydrogen) atoms. The fraction of sp³-hybridized carbons (Fsp3) is 0.219. The van der Waals surface area contributed by atoms with Gasteiger partial charge in [-0.25, -0.2) is 9.37 Å². The molecule has 1 amide bonds. The minimum Gasteiger partial charge on any atom is -0.497 e. The molecule has 2 aromatic heterocycles. The predicted octanol–water partition coefficient (Wildman–Crippen LogP) is 5.58. The molecule has 1 aliphatic rings. The van der Waals surface area contributed by atoms with Gasteiger partial charge in [-0.3, -0.25) is 19.4 Å². The lowest BCUT2D eigenvalue weighted by Crippen LogP contribution is -2.40. The van der Waals surface area contributed by atoms with Crippen molar-refractivity contribution in [3.05, 3.63) is 113 Å². The molecule has 0 spiro atoms. The highest BCUT2D eigenvalue weighted by atomic mass is 19.1. The summed E-state index contributed by atoms with van der Waals surface area (Å²) in [6.07, 6.45) is 4.22. The monoisotopic (exact) mass is 553 g/mol. The van der Waals surface area contributed by atoms with Crippen LogP contribution in [0.4, 0.5) is 4.39 Å². The van der Waals surface area contributed by atoms with Crippen LogP contribution in [0.5, 0.6) is 17.4 Å². The Hall–Kier alpha value is -4.92. The van der Waals surface area contributed by atoms with Gasteiger partial charge >= 0.3 is 0 Å². The predicted molar refractivity (Wildman–Crippen MR) is 149 cm³/mol. The third-order valence-electron chi connectivity index (χ3n) is 7.03. The van der Waals surface area contributed by atoms with Crippen LogP contribution in [0.1, 0.15) is 49.6 Å². The van der Waals surface area contributed by atoms with Gasteiger partial charge in [0.15, 0.2) is 11.6 Å². The number of pyridine rings is 2. The van der Waals surface area contributed by atoms with Gasteiger partial charge in [0.2, 0.25) is 5.88 Å². The molecule has 1 aliphatic heterocycles. The van der Waals surface area contributed by atoms with Gasteiger partial charge in [-0.15, -0.1) is 0 Å². The molecule has 0 unspecified atom stereocenters. The molecule has 5 rings (SSSR count). The number of methoxy groups -OCH3 is 1.